The number of anilines is 2. The molecule has 20 heavy (non-hydrogen) atoms. The van der Waals surface area contributed by atoms with Crippen molar-refractivity contribution in [3.8, 4) is 0 Å². The smallest absolute Gasteiger partial charge is 0.255 e. The fraction of sp³-hybridized carbons (Fsp3) is 0.154. The Hall–Kier alpha value is -1.66. The molecule has 2 heterocycles. The predicted octanol–water partition coefficient (Wildman–Crippen LogP) is 3.90. The van der Waals surface area contributed by atoms with Crippen LogP contribution in [-0.4, -0.2) is 19.6 Å². The van der Waals surface area contributed by atoms with Crippen LogP contribution in [0.2, 0.25) is 5.15 Å². The van der Waals surface area contributed by atoms with Crippen LogP contribution < -0.4 is 5.32 Å². The predicted molar refractivity (Wildman–Crippen MR) is 82.7 cm³/mol. The maximum Gasteiger partial charge on any atom is 0.255 e. The molecule has 0 spiro atoms. The SMILES string of the molecule is Cc1cc(Br)cc(C)c1Nc1cc(Cl)nc2ncnn12. The van der Waals surface area contributed by atoms with E-state index in [1.54, 1.807) is 10.6 Å². The van der Waals surface area contributed by atoms with Gasteiger partial charge in [-0.3, -0.25) is 0 Å². The number of nitrogens with one attached hydrogen (secondary N) is 1. The van der Waals surface area contributed by atoms with E-state index in [2.05, 4.69) is 48.4 Å². The van der Waals surface area contributed by atoms with Gasteiger partial charge in [-0.2, -0.15) is 19.6 Å². The van der Waals surface area contributed by atoms with E-state index in [1.165, 1.54) is 6.33 Å². The molecule has 1 N–H and O–H groups in total. The van der Waals surface area contributed by atoms with Gasteiger partial charge >= 0.3 is 0 Å². The van der Waals surface area contributed by atoms with Gasteiger partial charge < -0.3 is 5.32 Å². The summed E-state index contributed by atoms with van der Waals surface area (Å²) in [5.41, 5.74) is 3.27. The van der Waals surface area contributed by atoms with Gasteiger partial charge in [0, 0.05) is 16.2 Å². The van der Waals surface area contributed by atoms with Crippen molar-refractivity contribution in [2.75, 3.05) is 5.32 Å². The molecule has 0 amide bonds. The molecule has 3 aromatic rings. The Morgan fingerprint density at radius 1 is 1.20 bits per heavy atom. The van der Waals surface area contributed by atoms with Crippen LogP contribution in [0, 0.1) is 13.8 Å². The number of rotatable bonds is 2. The van der Waals surface area contributed by atoms with E-state index in [0.29, 0.717) is 10.9 Å². The molecule has 0 atom stereocenters. The molecule has 1 aromatic carbocycles. The van der Waals surface area contributed by atoms with Crippen molar-refractivity contribution >= 4 is 44.8 Å². The number of halogens is 2. The van der Waals surface area contributed by atoms with E-state index in [0.717, 1.165) is 27.1 Å². The zero-order valence-corrected chi connectivity index (χ0v) is 13.2. The van der Waals surface area contributed by atoms with Crippen LogP contribution in [0.25, 0.3) is 5.78 Å². The fourth-order valence-electron chi connectivity index (χ4n) is 2.11. The minimum Gasteiger partial charge on any atom is -0.340 e. The third-order valence-corrected chi connectivity index (χ3v) is 3.62. The summed E-state index contributed by atoms with van der Waals surface area (Å²) in [5.74, 6) is 1.19. The molecular formula is C13H11BrClN5. The highest BCUT2D eigenvalue weighted by molar-refractivity contribution is 9.10. The zero-order valence-electron chi connectivity index (χ0n) is 10.9. The van der Waals surface area contributed by atoms with Gasteiger partial charge in [-0.15, -0.1) is 0 Å². The number of fused-ring (bicyclic) bond motifs is 1. The molecule has 0 bridgehead atoms. The minimum absolute atomic E-state index is 0.375. The van der Waals surface area contributed by atoms with Crippen molar-refractivity contribution in [3.05, 3.63) is 45.3 Å². The molecule has 0 fully saturated rings. The maximum atomic E-state index is 6.01. The van der Waals surface area contributed by atoms with Gasteiger partial charge in [0.15, 0.2) is 0 Å². The van der Waals surface area contributed by atoms with Crippen LogP contribution in [0.3, 0.4) is 0 Å². The average molecular weight is 353 g/mol. The van der Waals surface area contributed by atoms with Crippen LogP contribution in [0.1, 0.15) is 11.1 Å². The van der Waals surface area contributed by atoms with E-state index in [9.17, 15) is 0 Å². The van der Waals surface area contributed by atoms with Crippen LogP contribution in [0.5, 0.6) is 0 Å². The van der Waals surface area contributed by atoms with Crippen molar-refractivity contribution in [1.82, 2.24) is 19.6 Å². The highest BCUT2D eigenvalue weighted by Gasteiger charge is 2.10. The first-order valence-electron chi connectivity index (χ1n) is 5.94. The average Bonchev–Trinajstić information content (AvgIpc) is 2.81. The Balaban J connectivity index is 2.12. The Kier molecular flexibility index (Phi) is 3.35. The standard InChI is InChI=1S/C13H11BrClN5/c1-7-3-9(14)4-8(2)12(7)19-11-5-10(15)18-13-16-6-17-20(11)13/h3-6,19H,1-2H3. The van der Waals surface area contributed by atoms with Crippen LogP contribution >= 0.6 is 27.5 Å². The van der Waals surface area contributed by atoms with Gasteiger partial charge in [0.05, 0.1) is 0 Å². The highest BCUT2D eigenvalue weighted by Crippen LogP contribution is 2.28. The number of hydrogen-bond donors (Lipinski definition) is 1. The summed E-state index contributed by atoms with van der Waals surface area (Å²) in [5, 5.41) is 7.87. The first-order chi connectivity index (χ1) is 9.54. The number of nitrogens with zero attached hydrogens (tertiary/aromatic N) is 4. The van der Waals surface area contributed by atoms with Crippen LogP contribution in [-0.2, 0) is 0 Å². The fourth-order valence-corrected chi connectivity index (χ4v) is 2.97. The van der Waals surface area contributed by atoms with Gasteiger partial charge in [0.25, 0.3) is 5.78 Å². The first kappa shape index (κ1) is 13.3. The van der Waals surface area contributed by atoms with E-state index >= 15 is 0 Å². The summed E-state index contributed by atoms with van der Waals surface area (Å²) >= 11 is 9.50. The molecule has 0 aliphatic rings. The molecule has 2 aromatic heterocycles. The van der Waals surface area contributed by atoms with E-state index in [4.69, 9.17) is 11.6 Å². The molecule has 7 heteroatoms. The quantitative estimate of drug-likeness (QED) is 0.711. The zero-order chi connectivity index (χ0) is 14.3. The third kappa shape index (κ3) is 2.36. The Labute approximate surface area is 129 Å². The monoisotopic (exact) mass is 351 g/mol. The van der Waals surface area contributed by atoms with Crippen LogP contribution in [0.15, 0.2) is 29.0 Å². The van der Waals surface area contributed by atoms with E-state index < -0.39 is 0 Å². The normalized spacial score (nSPS) is 11.0. The lowest BCUT2D eigenvalue weighted by Gasteiger charge is -2.14. The van der Waals surface area contributed by atoms with Gasteiger partial charge in [-0.1, -0.05) is 27.5 Å². The van der Waals surface area contributed by atoms with Gasteiger partial charge in [-0.05, 0) is 37.1 Å². The van der Waals surface area contributed by atoms with Crippen molar-refractivity contribution in [1.29, 1.82) is 0 Å². The Morgan fingerprint density at radius 2 is 1.90 bits per heavy atom. The first-order valence-corrected chi connectivity index (χ1v) is 7.12. The lowest BCUT2D eigenvalue weighted by Crippen LogP contribution is -2.04. The lowest BCUT2D eigenvalue weighted by atomic mass is 10.1. The van der Waals surface area contributed by atoms with Gasteiger partial charge in [0.1, 0.15) is 17.3 Å². The third-order valence-electron chi connectivity index (χ3n) is 2.97. The highest BCUT2D eigenvalue weighted by atomic mass is 79.9. The number of hydrogen-bond acceptors (Lipinski definition) is 4. The topological polar surface area (TPSA) is 55.1 Å². The Morgan fingerprint density at radius 3 is 2.60 bits per heavy atom. The van der Waals surface area contributed by atoms with Crippen molar-refractivity contribution in [3.63, 3.8) is 0 Å². The molecule has 0 saturated heterocycles. The van der Waals surface area contributed by atoms with E-state index in [-0.39, 0.29) is 0 Å². The molecule has 0 unspecified atom stereocenters. The second-order valence-electron chi connectivity index (χ2n) is 4.48. The molecule has 102 valence electrons. The molecule has 0 saturated carbocycles. The summed E-state index contributed by atoms with van der Waals surface area (Å²) in [4.78, 5) is 8.15. The molecule has 0 aliphatic carbocycles. The van der Waals surface area contributed by atoms with Crippen LogP contribution in [0.4, 0.5) is 11.5 Å². The number of aromatic nitrogens is 4. The van der Waals surface area contributed by atoms with Gasteiger partial charge in [0.2, 0.25) is 0 Å². The minimum atomic E-state index is 0.375. The summed E-state index contributed by atoms with van der Waals surface area (Å²) in [6.45, 7) is 4.09. The summed E-state index contributed by atoms with van der Waals surface area (Å²) < 4.78 is 2.67. The summed E-state index contributed by atoms with van der Waals surface area (Å²) in [6.07, 6.45) is 1.45. The Bertz CT molecular complexity index is 776. The second kappa shape index (κ2) is 5.03. The van der Waals surface area contributed by atoms with Crippen molar-refractivity contribution in [2.45, 2.75) is 13.8 Å². The number of aryl methyl sites for hydroxylation is 2. The molecule has 0 radical (unpaired) electrons. The molecule has 3 rings (SSSR count). The molecule has 5 nitrogen and oxygen atoms in total. The van der Waals surface area contributed by atoms with Crippen molar-refractivity contribution < 1.29 is 0 Å². The number of benzene rings is 1. The van der Waals surface area contributed by atoms with Crippen molar-refractivity contribution in [2.24, 2.45) is 0 Å². The lowest BCUT2D eigenvalue weighted by molar-refractivity contribution is 0.946. The summed E-state index contributed by atoms with van der Waals surface area (Å²) in [7, 11) is 0. The molecular weight excluding hydrogens is 342 g/mol. The largest absolute Gasteiger partial charge is 0.340 e. The summed E-state index contributed by atoms with van der Waals surface area (Å²) in [6, 6.07) is 5.83. The molecule has 0 aliphatic heterocycles. The second-order valence-corrected chi connectivity index (χ2v) is 5.78. The van der Waals surface area contributed by atoms with Gasteiger partial charge in [-0.25, -0.2) is 0 Å². The van der Waals surface area contributed by atoms with E-state index in [1.807, 2.05) is 13.8 Å². The maximum absolute atomic E-state index is 6.01.